The summed E-state index contributed by atoms with van der Waals surface area (Å²) < 4.78 is 5.47. The zero-order valence-electron chi connectivity index (χ0n) is 18.6. The number of benzene rings is 2. The Hall–Kier alpha value is -2.53. The van der Waals surface area contributed by atoms with Crippen molar-refractivity contribution in [2.45, 2.75) is 45.2 Å². The number of methoxy groups -OCH3 is 1. The topological polar surface area (TPSA) is 44.8 Å². The minimum atomic E-state index is 0.0286. The van der Waals surface area contributed by atoms with Crippen LogP contribution < -0.4 is 15.0 Å². The second-order valence-electron chi connectivity index (χ2n) is 8.16. The monoisotopic (exact) mass is 409 g/mol. The fourth-order valence-electron chi connectivity index (χ4n) is 3.97. The molecule has 30 heavy (non-hydrogen) atoms. The summed E-state index contributed by atoms with van der Waals surface area (Å²) >= 11 is 0. The first-order chi connectivity index (χ1) is 14.6. The van der Waals surface area contributed by atoms with Crippen molar-refractivity contribution in [1.82, 2.24) is 10.2 Å². The number of likely N-dealkylation sites (tertiary alicyclic amines) is 1. The lowest BCUT2D eigenvalue weighted by molar-refractivity contribution is 0.0909. The molecule has 1 heterocycles. The van der Waals surface area contributed by atoms with Crippen LogP contribution in [0.2, 0.25) is 0 Å². The molecule has 0 bridgehead atoms. The third-order valence-corrected chi connectivity index (χ3v) is 5.93. The normalized spacial score (nSPS) is 15.0. The van der Waals surface area contributed by atoms with Crippen molar-refractivity contribution in [3.63, 3.8) is 0 Å². The van der Waals surface area contributed by atoms with Crippen LogP contribution in [0.25, 0.3) is 0 Å². The lowest BCUT2D eigenvalue weighted by Gasteiger charge is -2.32. The average molecular weight is 410 g/mol. The van der Waals surface area contributed by atoms with Gasteiger partial charge in [0.2, 0.25) is 0 Å². The van der Waals surface area contributed by atoms with Crippen LogP contribution in [0.15, 0.2) is 48.5 Å². The number of para-hydroxylation sites is 1. The van der Waals surface area contributed by atoms with Gasteiger partial charge in [-0.1, -0.05) is 31.5 Å². The summed E-state index contributed by atoms with van der Waals surface area (Å²) in [5, 5.41) is 3.22. The molecule has 162 valence electrons. The zero-order valence-corrected chi connectivity index (χ0v) is 18.6. The van der Waals surface area contributed by atoms with Gasteiger partial charge in [0, 0.05) is 56.1 Å². The van der Waals surface area contributed by atoms with Gasteiger partial charge in [-0.3, -0.25) is 9.69 Å². The summed E-state index contributed by atoms with van der Waals surface area (Å²) in [4.78, 5) is 17.3. The van der Waals surface area contributed by atoms with E-state index in [1.54, 1.807) is 7.11 Å². The fraction of sp³-hybridized carbons (Fsp3) is 0.480. The van der Waals surface area contributed by atoms with Crippen LogP contribution in [-0.2, 0) is 6.54 Å². The van der Waals surface area contributed by atoms with E-state index in [9.17, 15) is 4.79 Å². The highest BCUT2D eigenvalue weighted by Gasteiger charge is 2.22. The van der Waals surface area contributed by atoms with Crippen molar-refractivity contribution >= 4 is 11.6 Å². The number of hydrogen-bond donors (Lipinski definition) is 1. The lowest BCUT2D eigenvalue weighted by Crippen LogP contribution is -2.44. The number of nitrogens with zero attached hydrogens (tertiary/aromatic N) is 2. The van der Waals surface area contributed by atoms with Crippen molar-refractivity contribution in [1.29, 1.82) is 0 Å². The number of amides is 1. The van der Waals surface area contributed by atoms with Gasteiger partial charge in [0.1, 0.15) is 5.75 Å². The number of anilines is 1. The van der Waals surface area contributed by atoms with E-state index in [1.165, 1.54) is 18.4 Å². The van der Waals surface area contributed by atoms with Gasteiger partial charge in [0.05, 0.1) is 7.11 Å². The van der Waals surface area contributed by atoms with Gasteiger partial charge < -0.3 is 15.0 Å². The molecule has 0 aliphatic carbocycles. The molecule has 2 aromatic carbocycles. The van der Waals surface area contributed by atoms with Crippen LogP contribution >= 0.6 is 0 Å². The summed E-state index contributed by atoms with van der Waals surface area (Å²) in [7, 11) is 3.82. The highest BCUT2D eigenvalue weighted by molar-refractivity contribution is 5.94. The van der Waals surface area contributed by atoms with Crippen molar-refractivity contribution in [2.75, 3.05) is 38.7 Å². The molecule has 1 N–H and O–H groups in total. The van der Waals surface area contributed by atoms with E-state index in [-0.39, 0.29) is 11.9 Å². The van der Waals surface area contributed by atoms with Gasteiger partial charge >= 0.3 is 0 Å². The predicted octanol–water partition coefficient (Wildman–Crippen LogP) is 4.33. The summed E-state index contributed by atoms with van der Waals surface area (Å²) in [6.45, 7) is 6.08. The van der Waals surface area contributed by atoms with E-state index in [4.69, 9.17) is 4.74 Å². The Morgan fingerprint density at radius 1 is 1.13 bits per heavy atom. The number of ether oxygens (including phenoxy) is 1. The minimum absolute atomic E-state index is 0.0286. The zero-order chi connectivity index (χ0) is 21.3. The summed E-state index contributed by atoms with van der Waals surface area (Å²) in [5.41, 5.74) is 3.11. The van der Waals surface area contributed by atoms with Crippen LogP contribution in [-0.4, -0.2) is 50.6 Å². The van der Waals surface area contributed by atoms with E-state index in [0.29, 0.717) is 0 Å². The van der Waals surface area contributed by atoms with Gasteiger partial charge in [0.25, 0.3) is 5.91 Å². The summed E-state index contributed by atoms with van der Waals surface area (Å²) in [6, 6.07) is 16.4. The molecule has 1 fully saturated rings. The number of piperidine rings is 1. The molecule has 1 amide bonds. The van der Waals surface area contributed by atoms with Crippen molar-refractivity contribution in [3.05, 3.63) is 59.7 Å². The van der Waals surface area contributed by atoms with Gasteiger partial charge in [-0.2, -0.15) is 0 Å². The quantitative estimate of drug-likeness (QED) is 0.670. The lowest BCUT2D eigenvalue weighted by atomic mass is 10.0. The molecule has 0 radical (unpaired) electrons. The molecule has 1 saturated heterocycles. The van der Waals surface area contributed by atoms with Crippen molar-refractivity contribution < 1.29 is 9.53 Å². The first-order valence-corrected chi connectivity index (χ1v) is 11.1. The fourth-order valence-corrected chi connectivity index (χ4v) is 3.97. The SMILES string of the molecule is CCCCN(C)c1ccc(C(=O)NC2CCN(Cc3ccccc3OC)CC2)cc1. The second kappa shape index (κ2) is 11.0. The number of hydrogen-bond acceptors (Lipinski definition) is 4. The largest absolute Gasteiger partial charge is 0.496 e. The second-order valence-corrected chi connectivity index (χ2v) is 8.16. The van der Waals surface area contributed by atoms with Gasteiger partial charge in [-0.15, -0.1) is 0 Å². The van der Waals surface area contributed by atoms with Crippen LogP contribution in [0.1, 0.15) is 48.5 Å². The molecule has 5 heteroatoms. The van der Waals surface area contributed by atoms with Gasteiger partial charge in [-0.25, -0.2) is 0 Å². The van der Waals surface area contributed by atoms with E-state index >= 15 is 0 Å². The molecule has 5 nitrogen and oxygen atoms in total. The molecular formula is C25H35N3O2. The Balaban J connectivity index is 1.47. The molecule has 0 unspecified atom stereocenters. The van der Waals surface area contributed by atoms with Crippen LogP contribution in [0.3, 0.4) is 0 Å². The number of nitrogens with one attached hydrogen (secondary N) is 1. The van der Waals surface area contributed by atoms with Crippen molar-refractivity contribution in [2.24, 2.45) is 0 Å². The maximum atomic E-state index is 12.7. The highest BCUT2D eigenvalue weighted by atomic mass is 16.5. The minimum Gasteiger partial charge on any atom is -0.496 e. The third kappa shape index (κ3) is 5.99. The first kappa shape index (κ1) is 22.2. The summed E-state index contributed by atoms with van der Waals surface area (Å²) in [6.07, 6.45) is 4.30. The molecule has 0 saturated carbocycles. The third-order valence-electron chi connectivity index (χ3n) is 5.93. The Morgan fingerprint density at radius 2 is 1.83 bits per heavy atom. The number of carbonyl (C=O) groups excluding carboxylic acids is 1. The Morgan fingerprint density at radius 3 is 2.50 bits per heavy atom. The van der Waals surface area contributed by atoms with E-state index in [0.717, 1.165) is 56.0 Å². The molecule has 3 rings (SSSR count). The number of unbranched alkanes of at least 4 members (excludes halogenated alkanes) is 1. The van der Waals surface area contributed by atoms with E-state index in [2.05, 4.69) is 41.2 Å². The van der Waals surface area contributed by atoms with E-state index in [1.807, 2.05) is 36.4 Å². The van der Waals surface area contributed by atoms with E-state index < -0.39 is 0 Å². The Kier molecular flexibility index (Phi) is 8.14. The number of carbonyl (C=O) groups is 1. The smallest absolute Gasteiger partial charge is 0.251 e. The standard InChI is InChI=1S/C25H35N3O2/c1-4-5-16-27(2)23-12-10-20(11-13-23)25(29)26-22-14-17-28(18-15-22)19-21-8-6-7-9-24(21)30-3/h6-13,22H,4-5,14-19H2,1-3H3,(H,26,29). The molecule has 2 aromatic rings. The van der Waals surface area contributed by atoms with Crippen LogP contribution in [0, 0.1) is 0 Å². The molecule has 1 aliphatic heterocycles. The predicted molar refractivity (Wildman–Crippen MR) is 123 cm³/mol. The van der Waals surface area contributed by atoms with Crippen molar-refractivity contribution in [3.8, 4) is 5.75 Å². The molecule has 1 aliphatic rings. The van der Waals surface area contributed by atoms with Crippen LogP contribution in [0.5, 0.6) is 5.75 Å². The maximum Gasteiger partial charge on any atom is 0.251 e. The van der Waals surface area contributed by atoms with Gasteiger partial charge in [-0.05, 0) is 49.6 Å². The Labute approximate surface area is 181 Å². The highest BCUT2D eigenvalue weighted by Crippen LogP contribution is 2.22. The van der Waals surface area contributed by atoms with Crippen LogP contribution in [0.4, 0.5) is 5.69 Å². The summed E-state index contributed by atoms with van der Waals surface area (Å²) in [5.74, 6) is 0.970. The average Bonchev–Trinajstić information content (AvgIpc) is 2.79. The molecule has 0 aromatic heterocycles. The first-order valence-electron chi connectivity index (χ1n) is 11.1. The maximum absolute atomic E-state index is 12.7. The molecule has 0 spiro atoms. The van der Waals surface area contributed by atoms with Gasteiger partial charge in [0.15, 0.2) is 0 Å². The Bertz CT molecular complexity index is 798. The molecular weight excluding hydrogens is 374 g/mol. The number of rotatable bonds is 9. The molecule has 0 atom stereocenters.